The zero-order valence-corrected chi connectivity index (χ0v) is 16.0. The van der Waals surface area contributed by atoms with Gasteiger partial charge in [0.2, 0.25) is 0 Å². The molecule has 0 unspecified atom stereocenters. The minimum atomic E-state index is -0.102. The first kappa shape index (κ1) is 16.6. The Morgan fingerprint density at radius 3 is 2.93 bits per heavy atom. The van der Waals surface area contributed by atoms with Gasteiger partial charge in [0.1, 0.15) is 5.69 Å². The second kappa shape index (κ2) is 6.55. The van der Waals surface area contributed by atoms with Crippen LogP contribution in [0.25, 0.3) is 32.5 Å². The van der Waals surface area contributed by atoms with Crippen LogP contribution in [0.1, 0.15) is 24.0 Å². The number of aromatic nitrogens is 3. The number of aromatic amines is 1. The van der Waals surface area contributed by atoms with Crippen molar-refractivity contribution < 1.29 is 0 Å². The largest absolute Gasteiger partial charge is 0.305 e. The Kier molecular flexibility index (Phi) is 4.02. The van der Waals surface area contributed by atoms with Gasteiger partial charge < -0.3 is 4.98 Å². The number of nitrogens with zero attached hydrogens (tertiary/aromatic N) is 3. The number of hydrogen-bond donors (Lipinski definition) is 1. The summed E-state index contributed by atoms with van der Waals surface area (Å²) in [4.78, 5) is 27.4. The molecule has 0 aliphatic carbocycles. The molecule has 1 N–H and O–H groups in total. The molecule has 0 atom stereocenters. The minimum absolute atomic E-state index is 0.102. The maximum atomic E-state index is 12.8. The molecule has 0 radical (unpaired) electrons. The van der Waals surface area contributed by atoms with Crippen LogP contribution in [0.4, 0.5) is 0 Å². The van der Waals surface area contributed by atoms with E-state index in [9.17, 15) is 4.79 Å². The number of hydrogen-bond acceptors (Lipinski definition) is 5. The van der Waals surface area contributed by atoms with E-state index in [1.54, 1.807) is 11.3 Å². The number of H-pyrrole nitrogens is 1. The number of aryl methyl sites for hydroxylation is 1. The Bertz CT molecular complexity index is 1200. The van der Waals surface area contributed by atoms with Gasteiger partial charge >= 0.3 is 0 Å². The average Bonchev–Trinajstić information content (AvgIpc) is 3.33. The number of likely N-dealkylation sites (tertiary alicyclic amines) is 1. The molecule has 1 aliphatic heterocycles. The van der Waals surface area contributed by atoms with Crippen LogP contribution < -0.4 is 5.56 Å². The quantitative estimate of drug-likeness (QED) is 0.585. The van der Waals surface area contributed by atoms with E-state index in [1.165, 1.54) is 18.4 Å². The van der Waals surface area contributed by atoms with Crippen LogP contribution in [0.3, 0.4) is 0 Å². The topological polar surface area (TPSA) is 61.9 Å². The maximum Gasteiger partial charge on any atom is 0.259 e. The van der Waals surface area contributed by atoms with Gasteiger partial charge in [-0.15, -0.1) is 11.3 Å². The van der Waals surface area contributed by atoms with Gasteiger partial charge in [-0.25, -0.2) is 4.98 Å². The lowest BCUT2D eigenvalue weighted by Gasteiger charge is -2.15. The molecular formula is C21H20N4OS. The normalized spacial score (nSPS) is 15.1. The lowest BCUT2D eigenvalue weighted by molar-refractivity contribution is 0.331. The third kappa shape index (κ3) is 3.05. The van der Waals surface area contributed by atoms with Gasteiger partial charge in [0.05, 0.1) is 10.9 Å². The van der Waals surface area contributed by atoms with Gasteiger partial charge in [-0.1, -0.05) is 6.07 Å². The Morgan fingerprint density at radius 1 is 1.22 bits per heavy atom. The molecule has 5 rings (SSSR count). The molecule has 6 heteroatoms. The van der Waals surface area contributed by atoms with Gasteiger partial charge in [0.25, 0.3) is 5.56 Å². The van der Waals surface area contributed by atoms with Crippen LogP contribution in [0.5, 0.6) is 0 Å². The number of benzene rings is 1. The van der Waals surface area contributed by atoms with Crippen molar-refractivity contribution in [2.75, 3.05) is 13.1 Å². The summed E-state index contributed by atoms with van der Waals surface area (Å²) in [7, 11) is 0. The van der Waals surface area contributed by atoms with Crippen molar-refractivity contribution in [2.24, 2.45) is 0 Å². The van der Waals surface area contributed by atoms with E-state index in [1.807, 2.05) is 36.7 Å². The van der Waals surface area contributed by atoms with Gasteiger partial charge in [-0.05, 0) is 67.6 Å². The fourth-order valence-corrected chi connectivity index (χ4v) is 4.68. The molecule has 1 aromatic carbocycles. The monoisotopic (exact) mass is 376 g/mol. The van der Waals surface area contributed by atoms with Crippen molar-refractivity contribution in [3.05, 3.63) is 57.3 Å². The van der Waals surface area contributed by atoms with E-state index in [0.717, 1.165) is 40.8 Å². The highest BCUT2D eigenvalue weighted by Crippen LogP contribution is 2.25. The van der Waals surface area contributed by atoms with E-state index in [0.29, 0.717) is 16.9 Å². The van der Waals surface area contributed by atoms with Gasteiger partial charge in [0, 0.05) is 22.8 Å². The highest BCUT2D eigenvalue weighted by Gasteiger charge is 2.15. The van der Waals surface area contributed by atoms with Crippen LogP contribution in [-0.4, -0.2) is 32.9 Å². The number of rotatable bonds is 3. The van der Waals surface area contributed by atoms with Crippen LogP contribution in [0.15, 0.2) is 40.6 Å². The number of thiophene rings is 1. The third-order valence-corrected chi connectivity index (χ3v) is 6.13. The Hall–Kier alpha value is -2.57. The van der Waals surface area contributed by atoms with Gasteiger partial charge in [0.15, 0.2) is 5.82 Å². The molecular weight excluding hydrogens is 356 g/mol. The molecule has 4 aromatic rings. The first-order valence-corrected chi connectivity index (χ1v) is 10.1. The summed E-state index contributed by atoms with van der Waals surface area (Å²) in [5, 5.41) is 3.80. The molecule has 0 bridgehead atoms. The second-order valence-corrected chi connectivity index (χ2v) is 8.18. The summed E-state index contributed by atoms with van der Waals surface area (Å²) >= 11 is 1.66. The summed E-state index contributed by atoms with van der Waals surface area (Å²) in [6.07, 6.45) is 4.36. The van der Waals surface area contributed by atoms with Crippen molar-refractivity contribution in [2.45, 2.75) is 26.3 Å². The SMILES string of the molecule is Cc1cc(CN2CCCC2)cc2c(=O)[nH]c(-c3cc4sccc4cn3)nc12. The van der Waals surface area contributed by atoms with Crippen molar-refractivity contribution in [3.63, 3.8) is 0 Å². The summed E-state index contributed by atoms with van der Waals surface area (Å²) in [5.41, 5.74) is 3.57. The Balaban J connectivity index is 1.59. The summed E-state index contributed by atoms with van der Waals surface area (Å²) in [6, 6.07) is 8.18. The first-order valence-electron chi connectivity index (χ1n) is 9.27. The summed E-state index contributed by atoms with van der Waals surface area (Å²) < 4.78 is 1.14. The second-order valence-electron chi connectivity index (χ2n) is 7.23. The van der Waals surface area contributed by atoms with Crippen LogP contribution in [-0.2, 0) is 6.54 Å². The van der Waals surface area contributed by atoms with E-state index in [4.69, 9.17) is 4.98 Å². The van der Waals surface area contributed by atoms with E-state index >= 15 is 0 Å². The summed E-state index contributed by atoms with van der Waals surface area (Å²) in [6.45, 7) is 5.21. The maximum absolute atomic E-state index is 12.8. The third-order valence-electron chi connectivity index (χ3n) is 5.25. The van der Waals surface area contributed by atoms with Gasteiger partial charge in [-0.2, -0.15) is 0 Å². The smallest absolute Gasteiger partial charge is 0.259 e. The Morgan fingerprint density at radius 2 is 2.07 bits per heavy atom. The average molecular weight is 376 g/mol. The predicted octanol–water partition coefficient (Wildman–Crippen LogP) is 4.10. The van der Waals surface area contributed by atoms with E-state index < -0.39 is 0 Å². The molecule has 136 valence electrons. The lowest BCUT2D eigenvalue weighted by atomic mass is 10.1. The molecule has 4 heterocycles. The lowest BCUT2D eigenvalue weighted by Crippen LogP contribution is -2.19. The fraction of sp³-hybridized carbons (Fsp3) is 0.286. The van der Waals surface area contributed by atoms with Crippen molar-refractivity contribution in [3.8, 4) is 11.5 Å². The number of fused-ring (bicyclic) bond motifs is 2. The molecule has 5 nitrogen and oxygen atoms in total. The fourth-order valence-electron chi connectivity index (χ4n) is 3.89. The first-order chi connectivity index (χ1) is 13.2. The molecule has 0 spiro atoms. The standard InChI is InChI=1S/C21H20N4OS/c1-13-8-14(12-25-5-2-3-6-25)9-16-19(13)23-20(24-21(16)26)17-10-18-15(11-22-17)4-7-27-18/h4,7-11H,2-3,5-6,12H2,1H3,(H,23,24,26). The van der Waals surface area contributed by atoms with Gasteiger partial charge in [-0.3, -0.25) is 14.7 Å². The Labute approximate surface area is 160 Å². The van der Waals surface area contributed by atoms with Crippen LogP contribution in [0.2, 0.25) is 0 Å². The van der Waals surface area contributed by atoms with E-state index in [2.05, 4.69) is 20.9 Å². The molecule has 27 heavy (non-hydrogen) atoms. The van der Waals surface area contributed by atoms with Crippen LogP contribution >= 0.6 is 11.3 Å². The van der Waals surface area contributed by atoms with Crippen molar-refractivity contribution >= 4 is 32.3 Å². The minimum Gasteiger partial charge on any atom is -0.305 e. The van der Waals surface area contributed by atoms with E-state index in [-0.39, 0.29) is 5.56 Å². The zero-order chi connectivity index (χ0) is 18.4. The zero-order valence-electron chi connectivity index (χ0n) is 15.2. The van der Waals surface area contributed by atoms with Crippen molar-refractivity contribution in [1.29, 1.82) is 0 Å². The molecule has 0 amide bonds. The predicted molar refractivity (Wildman–Crippen MR) is 110 cm³/mol. The molecule has 3 aromatic heterocycles. The van der Waals surface area contributed by atoms with Crippen LogP contribution in [0, 0.1) is 6.92 Å². The summed E-state index contributed by atoms with van der Waals surface area (Å²) in [5.74, 6) is 0.526. The highest BCUT2D eigenvalue weighted by atomic mass is 32.1. The molecule has 0 saturated carbocycles. The molecule has 1 fully saturated rings. The molecule has 1 saturated heterocycles. The highest BCUT2D eigenvalue weighted by molar-refractivity contribution is 7.17. The number of pyridine rings is 1. The number of nitrogens with one attached hydrogen (secondary N) is 1. The van der Waals surface area contributed by atoms with Crippen molar-refractivity contribution in [1.82, 2.24) is 19.9 Å². The molecule has 1 aliphatic rings.